The number of hydrazine groups is 1. The summed E-state index contributed by atoms with van der Waals surface area (Å²) in [5.41, 5.74) is 4.14. The molecule has 106 valence electrons. The molecular weight excluding hydrogens is 278 g/mol. The molecule has 0 spiro atoms. The second-order valence-electron chi connectivity index (χ2n) is 4.15. The number of hydrogen-bond donors (Lipinski definition) is 3. The predicted molar refractivity (Wildman–Crippen MR) is 75.0 cm³/mol. The Labute approximate surface area is 117 Å². The summed E-state index contributed by atoms with van der Waals surface area (Å²) < 4.78 is 26.7. The third kappa shape index (κ3) is 3.29. The van der Waals surface area contributed by atoms with Gasteiger partial charge in [0.1, 0.15) is 10.7 Å². The highest BCUT2D eigenvalue weighted by atomic mass is 32.2. The Morgan fingerprint density at radius 3 is 2.65 bits per heavy atom. The van der Waals surface area contributed by atoms with Crippen LogP contribution in [0.4, 0.5) is 5.82 Å². The highest BCUT2D eigenvalue weighted by Gasteiger charge is 2.14. The molecule has 2 rings (SSSR count). The number of aromatic nitrogens is 2. The van der Waals surface area contributed by atoms with E-state index >= 15 is 0 Å². The van der Waals surface area contributed by atoms with E-state index in [4.69, 9.17) is 5.84 Å². The van der Waals surface area contributed by atoms with Gasteiger partial charge in [-0.2, -0.15) is 0 Å². The molecule has 0 saturated carbocycles. The van der Waals surface area contributed by atoms with Gasteiger partial charge in [0.05, 0.1) is 0 Å². The Morgan fingerprint density at radius 2 is 2.05 bits per heavy atom. The molecule has 2 heterocycles. The van der Waals surface area contributed by atoms with Crippen LogP contribution in [0.3, 0.4) is 0 Å². The summed E-state index contributed by atoms with van der Waals surface area (Å²) in [6, 6.07) is 4.70. The zero-order valence-electron chi connectivity index (χ0n) is 10.9. The molecule has 0 saturated heterocycles. The molecular formula is C12H15N5O2S. The number of aryl methyl sites for hydroxylation is 1. The Morgan fingerprint density at radius 1 is 1.25 bits per heavy atom. The Hall–Kier alpha value is -2.03. The number of anilines is 1. The van der Waals surface area contributed by atoms with Crippen LogP contribution in [-0.2, 0) is 16.6 Å². The third-order valence-electron chi connectivity index (χ3n) is 2.78. The Bertz CT molecular complexity index is 685. The van der Waals surface area contributed by atoms with Crippen molar-refractivity contribution in [3.63, 3.8) is 0 Å². The lowest BCUT2D eigenvalue weighted by Crippen LogP contribution is -2.24. The lowest BCUT2D eigenvalue weighted by Gasteiger charge is -2.08. The van der Waals surface area contributed by atoms with Crippen molar-refractivity contribution >= 4 is 15.8 Å². The van der Waals surface area contributed by atoms with E-state index in [-0.39, 0.29) is 11.4 Å². The van der Waals surface area contributed by atoms with Gasteiger partial charge in [-0.1, -0.05) is 0 Å². The highest BCUT2D eigenvalue weighted by molar-refractivity contribution is 7.89. The van der Waals surface area contributed by atoms with Crippen LogP contribution in [0.25, 0.3) is 0 Å². The maximum absolute atomic E-state index is 12.1. The molecule has 20 heavy (non-hydrogen) atoms. The largest absolute Gasteiger partial charge is 0.308 e. The topological polar surface area (TPSA) is 110 Å². The molecule has 0 atom stereocenters. The fraction of sp³-hybridized carbons (Fsp3) is 0.167. The summed E-state index contributed by atoms with van der Waals surface area (Å²) in [7, 11) is -3.60. The lowest BCUT2D eigenvalue weighted by molar-refractivity contribution is 0.580. The maximum atomic E-state index is 12.1. The lowest BCUT2D eigenvalue weighted by atomic mass is 10.2. The van der Waals surface area contributed by atoms with Gasteiger partial charge in [0.2, 0.25) is 10.0 Å². The van der Waals surface area contributed by atoms with Crippen molar-refractivity contribution in [1.29, 1.82) is 0 Å². The van der Waals surface area contributed by atoms with Gasteiger partial charge in [-0.25, -0.2) is 24.0 Å². The summed E-state index contributed by atoms with van der Waals surface area (Å²) in [5, 5.41) is 0. The molecule has 0 aliphatic carbocycles. The van der Waals surface area contributed by atoms with E-state index in [1.54, 1.807) is 18.5 Å². The first kappa shape index (κ1) is 14.4. The number of pyridine rings is 2. The first-order chi connectivity index (χ1) is 9.53. The third-order valence-corrected chi connectivity index (χ3v) is 4.17. The number of nitrogens with two attached hydrogens (primary N) is 1. The summed E-state index contributed by atoms with van der Waals surface area (Å²) in [6.45, 7) is 2.08. The van der Waals surface area contributed by atoms with Gasteiger partial charge in [0, 0.05) is 25.1 Å². The molecule has 2 aromatic rings. The van der Waals surface area contributed by atoms with Gasteiger partial charge in [-0.3, -0.25) is 4.98 Å². The number of sulfonamides is 1. The SMILES string of the molecule is Cc1cnccc1CNS(=O)(=O)c1ccc(NN)nc1. The van der Waals surface area contributed by atoms with Crippen molar-refractivity contribution in [2.75, 3.05) is 5.43 Å². The smallest absolute Gasteiger partial charge is 0.242 e. The first-order valence-corrected chi connectivity index (χ1v) is 7.33. The van der Waals surface area contributed by atoms with E-state index < -0.39 is 10.0 Å². The van der Waals surface area contributed by atoms with E-state index in [1.807, 2.05) is 6.92 Å². The fourth-order valence-corrected chi connectivity index (χ4v) is 2.53. The van der Waals surface area contributed by atoms with Gasteiger partial charge in [-0.15, -0.1) is 0 Å². The minimum atomic E-state index is -3.60. The quantitative estimate of drug-likeness (QED) is 0.548. The van der Waals surface area contributed by atoms with Crippen LogP contribution < -0.4 is 16.0 Å². The van der Waals surface area contributed by atoms with Gasteiger partial charge in [0.15, 0.2) is 0 Å². The molecule has 0 amide bonds. The zero-order valence-corrected chi connectivity index (χ0v) is 11.7. The van der Waals surface area contributed by atoms with E-state index in [0.717, 1.165) is 11.1 Å². The second kappa shape index (κ2) is 5.95. The van der Waals surface area contributed by atoms with Crippen LogP contribution >= 0.6 is 0 Å². The molecule has 2 aromatic heterocycles. The van der Waals surface area contributed by atoms with E-state index in [1.165, 1.54) is 18.3 Å². The van der Waals surface area contributed by atoms with Crippen LogP contribution in [0.15, 0.2) is 41.7 Å². The average Bonchev–Trinajstić information content (AvgIpc) is 2.46. The molecule has 0 aliphatic heterocycles. The molecule has 0 unspecified atom stereocenters. The summed E-state index contributed by atoms with van der Waals surface area (Å²) in [4.78, 5) is 7.92. The van der Waals surface area contributed by atoms with E-state index in [0.29, 0.717) is 5.82 Å². The van der Waals surface area contributed by atoms with E-state index in [2.05, 4.69) is 20.1 Å². The molecule has 0 aromatic carbocycles. The normalized spacial score (nSPS) is 11.3. The maximum Gasteiger partial charge on any atom is 0.242 e. The van der Waals surface area contributed by atoms with Crippen molar-refractivity contribution in [1.82, 2.24) is 14.7 Å². The molecule has 0 fully saturated rings. The second-order valence-corrected chi connectivity index (χ2v) is 5.92. The minimum absolute atomic E-state index is 0.0863. The summed E-state index contributed by atoms with van der Waals surface area (Å²) >= 11 is 0. The Kier molecular flexibility index (Phi) is 4.28. The van der Waals surface area contributed by atoms with Crippen molar-refractivity contribution < 1.29 is 8.42 Å². The molecule has 0 radical (unpaired) electrons. The fourth-order valence-electron chi connectivity index (χ4n) is 1.58. The van der Waals surface area contributed by atoms with Crippen LogP contribution in [0.1, 0.15) is 11.1 Å². The molecule has 4 N–H and O–H groups in total. The summed E-state index contributed by atoms with van der Waals surface area (Å²) in [6.07, 6.45) is 4.56. The van der Waals surface area contributed by atoms with Crippen molar-refractivity contribution in [3.8, 4) is 0 Å². The Balaban J connectivity index is 2.13. The summed E-state index contributed by atoms with van der Waals surface area (Å²) in [5.74, 6) is 5.57. The van der Waals surface area contributed by atoms with Crippen LogP contribution in [0, 0.1) is 6.92 Å². The molecule has 0 bridgehead atoms. The van der Waals surface area contributed by atoms with Crippen molar-refractivity contribution in [2.24, 2.45) is 5.84 Å². The molecule has 0 aliphatic rings. The minimum Gasteiger partial charge on any atom is -0.308 e. The molecule has 7 nitrogen and oxygen atoms in total. The van der Waals surface area contributed by atoms with Crippen molar-refractivity contribution in [3.05, 3.63) is 47.9 Å². The van der Waals surface area contributed by atoms with Gasteiger partial charge in [-0.05, 0) is 36.2 Å². The van der Waals surface area contributed by atoms with Crippen LogP contribution in [0.5, 0.6) is 0 Å². The van der Waals surface area contributed by atoms with Gasteiger partial charge >= 0.3 is 0 Å². The van der Waals surface area contributed by atoms with E-state index in [9.17, 15) is 8.42 Å². The van der Waals surface area contributed by atoms with Gasteiger partial charge in [0.25, 0.3) is 0 Å². The number of nitrogen functional groups attached to an aromatic ring is 1. The van der Waals surface area contributed by atoms with Crippen LogP contribution in [0.2, 0.25) is 0 Å². The monoisotopic (exact) mass is 293 g/mol. The van der Waals surface area contributed by atoms with Gasteiger partial charge < -0.3 is 5.43 Å². The number of nitrogens with zero attached hydrogens (tertiary/aromatic N) is 2. The van der Waals surface area contributed by atoms with Crippen LogP contribution in [-0.4, -0.2) is 18.4 Å². The van der Waals surface area contributed by atoms with Crippen molar-refractivity contribution in [2.45, 2.75) is 18.4 Å². The number of hydrogen-bond acceptors (Lipinski definition) is 6. The molecule has 8 heteroatoms. The first-order valence-electron chi connectivity index (χ1n) is 5.85. The zero-order chi connectivity index (χ0) is 14.6. The number of rotatable bonds is 5. The number of nitrogens with one attached hydrogen (secondary N) is 2. The standard InChI is InChI=1S/C12H15N5O2S/c1-9-6-14-5-4-10(9)7-16-20(18,19)11-2-3-12(17-13)15-8-11/h2-6,8,16H,7,13H2,1H3,(H,15,17). The predicted octanol–water partition coefficient (Wildman–Crippen LogP) is 0.549. The highest BCUT2D eigenvalue weighted by Crippen LogP contribution is 2.11. The average molecular weight is 293 g/mol.